The van der Waals surface area contributed by atoms with Crippen LogP contribution in [0, 0.1) is 0 Å². The van der Waals surface area contributed by atoms with E-state index in [4.69, 9.17) is 21.1 Å². The second-order valence-corrected chi connectivity index (χ2v) is 7.56. The second kappa shape index (κ2) is 8.18. The number of anilines is 2. The van der Waals surface area contributed by atoms with Crippen molar-refractivity contribution in [2.24, 2.45) is 7.05 Å². The maximum Gasteiger partial charge on any atom is 0.172 e. The minimum absolute atomic E-state index is 0.609. The lowest BCUT2D eigenvalue weighted by atomic mass is 10.2. The standard InChI is InChI=1S/C20H18ClN5O2S/c1-26-7-6-22-20(26)29-18-5-4-12(8-14(18)21)25-19-13-9-16(27-2)17(28-3)10-15(13)23-11-24-19/h4-11H,1-3H3,(H,23,24,25). The highest BCUT2D eigenvalue weighted by atomic mass is 35.5. The van der Waals surface area contributed by atoms with E-state index in [0.717, 1.165) is 26.6 Å². The van der Waals surface area contributed by atoms with Gasteiger partial charge in [-0.25, -0.2) is 15.0 Å². The first-order chi connectivity index (χ1) is 14.1. The van der Waals surface area contributed by atoms with Gasteiger partial charge in [0.15, 0.2) is 16.7 Å². The third-order valence-corrected chi connectivity index (χ3v) is 5.89. The molecule has 0 atom stereocenters. The summed E-state index contributed by atoms with van der Waals surface area (Å²) in [6, 6.07) is 9.44. The van der Waals surface area contributed by atoms with Gasteiger partial charge in [0, 0.05) is 41.5 Å². The number of benzene rings is 2. The Kier molecular flexibility index (Phi) is 5.46. The van der Waals surface area contributed by atoms with Crippen LogP contribution in [0.2, 0.25) is 5.02 Å². The van der Waals surface area contributed by atoms with E-state index >= 15 is 0 Å². The maximum atomic E-state index is 6.50. The minimum atomic E-state index is 0.609. The molecule has 0 bridgehead atoms. The number of fused-ring (bicyclic) bond motifs is 1. The molecule has 0 unspecified atom stereocenters. The van der Waals surface area contributed by atoms with E-state index in [1.807, 2.05) is 48.1 Å². The molecule has 0 saturated carbocycles. The Balaban J connectivity index is 1.64. The molecule has 1 N–H and O–H groups in total. The molecule has 0 radical (unpaired) electrons. The van der Waals surface area contributed by atoms with Gasteiger partial charge in [0.2, 0.25) is 0 Å². The van der Waals surface area contributed by atoms with Gasteiger partial charge in [0.25, 0.3) is 0 Å². The first-order valence-corrected chi connectivity index (χ1v) is 9.87. The maximum absolute atomic E-state index is 6.50. The van der Waals surface area contributed by atoms with Crippen molar-refractivity contribution in [2.75, 3.05) is 19.5 Å². The summed E-state index contributed by atoms with van der Waals surface area (Å²) in [5.74, 6) is 1.87. The normalized spacial score (nSPS) is 10.9. The lowest BCUT2D eigenvalue weighted by Gasteiger charge is -2.13. The quantitative estimate of drug-likeness (QED) is 0.467. The predicted octanol–water partition coefficient (Wildman–Crippen LogP) is 4.93. The van der Waals surface area contributed by atoms with Crippen molar-refractivity contribution in [3.8, 4) is 11.5 Å². The fourth-order valence-corrected chi connectivity index (χ4v) is 3.93. The molecule has 2 heterocycles. The molecule has 4 aromatic rings. The number of hydrogen-bond acceptors (Lipinski definition) is 7. The summed E-state index contributed by atoms with van der Waals surface area (Å²) in [5, 5.41) is 5.62. The minimum Gasteiger partial charge on any atom is -0.493 e. The van der Waals surface area contributed by atoms with Crippen molar-refractivity contribution in [1.29, 1.82) is 0 Å². The van der Waals surface area contributed by atoms with Gasteiger partial charge in [-0.3, -0.25) is 0 Å². The topological polar surface area (TPSA) is 74.1 Å². The van der Waals surface area contributed by atoms with Gasteiger partial charge in [-0.1, -0.05) is 23.4 Å². The molecule has 0 saturated heterocycles. The van der Waals surface area contributed by atoms with Crippen LogP contribution in [0.1, 0.15) is 0 Å². The number of aryl methyl sites for hydroxylation is 1. The molecule has 0 amide bonds. The number of ether oxygens (including phenoxy) is 2. The number of methoxy groups -OCH3 is 2. The van der Waals surface area contributed by atoms with Gasteiger partial charge in [0.1, 0.15) is 12.1 Å². The SMILES string of the molecule is COc1cc2ncnc(Nc3ccc(Sc4nccn4C)c(Cl)c3)c2cc1OC. The summed E-state index contributed by atoms with van der Waals surface area (Å²) >= 11 is 8.01. The summed E-state index contributed by atoms with van der Waals surface area (Å²) in [6.07, 6.45) is 5.16. The van der Waals surface area contributed by atoms with Gasteiger partial charge in [-0.2, -0.15) is 0 Å². The van der Waals surface area contributed by atoms with Gasteiger partial charge in [-0.05, 0) is 24.3 Å². The number of rotatable bonds is 6. The molecule has 7 nitrogen and oxygen atoms in total. The number of nitrogens with one attached hydrogen (secondary N) is 1. The zero-order chi connectivity index (χ0) is 20.4. The van der Waals surface area contributed by atoms with E-state index in [0.29, 0.717) is 22.3 Å². The van der Waals surface area contributed by atoms with Crippen molar-refractivity contribution in [1.82, 2.24) is 19.5 Å². The monoisotopic (exact) mass is 427 g/mol. The molecule has 148 valence electrons. The molecule has 0 spiro atoms. The van der Waals surface area contributed by atoms with Crippen LogP contribution < -0.4 is 14.8 Å². The molecule has 0 aliphatic heterocycles. The van der Waals surface area contributed by atoms with Crippen molar-refractivity contribution in [3.63, 3.8) is 0 Å². The first kappa shape index (κ1) is 19.4. The Bertz CT molecular complexity index is 1180. The van der Waals surface area contributed by atoms with Gasteiger partial charge < -0.3 is 19.4 Å². The molecule has 29 heavy (non-hydrogen) atoms. The first-order valence-electron chi connectivity index (χ1n) is 8.67. The predicted molar refractivity (Wildman–Crippen MR) is 115 cm³/mol. The zero-order valence-corrected chi connectivity index (χ0v) is 17.6. The summed E-state index contributed by atoms with van der Waals surface area (Å²) in [6.45, 7) is 0. The molecule has 9 heteroatoms. The van der Waals surface area contributed by atoms with Crippen molar-refractivity contribution >= 4 is 45.8 Å². The van der Waals surface area contributed by atoms with Crippen molar-refractivity contribution in [3.05, 3.63) is 54.1 Å². The summed E-state index contributed by atoms with van der Waals surface area (Å²) in [7, 11) is 5.14. The number of halogens is 1. The lowest BCUT2D eigenvalue weighted by molar-refractivity contribution is 0.356. The number of hydrogen-bond donors (Lipinski definition) is 1. The Labute approximate surface area is 177 Å². The second-order valence-electron chi connectivity index (χ2n) is 6.14. The van der Waals surface area contributed by atoms with Crippen LogP contribution >= 0.6 is 23.4 Å². The van der Waals surface area contributed by atoms with Gasteiger partial charge in [0.05, 0.1) is 24.8 Å². The van der Waals surface area contributed by atoms with Crippen LogP contribution in [0.4, 0.5) is 11.5 Å². The van der Waals surface area contributed by atoms with Crippen LogP contribution in [-0.4, -0.2) is 33.7 Å². The Morgan fingerprint density at radius 2 is 1.83 bits per heavy atom. The average Bonchev–Trinajstić information content (AvgIpc) is 3.13. The molecule has 2 aromatic carbocycles. The fourth-order valence-electron chi connectivity index (χ4n) is 2.83. The van der Waals surface area contributed by atoms with Gasteiger partial charge >= 0.3 is 0 Å². The van der Waals surface area contributed by atoms with Gasteiger partial charge in [-0.15, -0.1) is 0 Å². The third kappa shape index (κ3) is 3.94. The molecule has 2 aromatic heterocycles. The molecule has 0 aliphatic rings. The average molecular weight is 428 g/mol. The Morgan fingerprint density at radius 1 is 1.03 bits per heavy atom. The Hall–Kier alpha value is -2.97. The fraction of sp³-hybridized carbons (Fsp3) is 0.150. The third-order valence-electron chi connectivity index (χ3n) is 4.31. The summed E-state index contributed by atoms with van der Waals surface area (Å²) in [4.78, 5) is 13.9. The highest BCUT2D eigenvalue weighted by molar-refractivity contribution is 7.99. The molecule has 0 aliphatic carbocycles. The van der Waals surface area contributed by atoms with Crippen LogP contribution in [0.5, 0.6) is 11.5 Å². The molecule has 0 fully saturated rings. The lowest BCUT2D eigenvalue weighted by Crippen LogP contribution is -1.98. The van der Waals surface area contributed by atoms with E-state index in [1.165, 1.54) is 18.1 Å². The molecular formula is C20H18ClN5O2S. The smallest absolute Gasteiger partial charge is 0.172 e. The van der Waals surface area contributed by atoms with E-state index in [9.17, 15) is 0 Å². The number of imidazole rings is 1. The highest BCUT2D eigenvalue weighted by Crippen LogP contribution is 2.37. The van der Waals surface area contributed by atoms with E-state index in [2.05, 4.69) is 20.3 Å². The van der Waals surface area contributed by atoms with Crippen LogP contribution in [0.3, 0.4) is 0 Å². The highest BCUT2D eigenvalue weighted by Gasteiger charge is 2.12. The van der Waals surface area contributed by atoms with Crippen LogP contribution in [0.25, 0.3) is 10.9 Å². The van der Waals surface area contributed by atoms with E-state index < -0.39 is 0 Å². The van der Waals surface area contributed by atoms with E-state index in [1.54, 1.807) is 20.4 Å². The van der Waals surface area contributed by atoms with Crippen molar-refractivity contribution in [2.45, 2.75) is 10.1 Å². The Morgan fingerprint density at radius 3 is 2.52 bits per heavy atom. The largest absolute Gasteiger partial charge is 0.493 e. The zero-order valence-electron chi connectivity index (χ0n) is 16.0. The number of aromatic nitrogens is 4. The molecule has 4 rings (SSSR count). The number of nitrogens with zero attached hydrogens (tertiary/aromatic N) is 4. The van der Waals surface area contributed by atoms with E-state index in [-0.39, 0.29) is 0 Å². The summed E-state index contributed by atoms with van der Waals surface area (Å²) < 4.78 is 12.7. The summed E-state index contributed by atoms with van der Waals surface area (Å²) in [5.41, 5.74) is 1.56. The van der Waals surface area contributed by atoms with Crippen LogP contribution in [-0.2, 0) is 7.05 Å². The molecular weight excluding hydrogens is 410 g/mol. The van der Waals surface area contributed by atoms with Crippen LogP contribution in [0.15, 0.2) is 59.1 Å². The van der Waals surface area contributed by atoms with Crippen molar-refractivity contribution < 1.29 is 9.47 Å².